The van der Waals surface area contributed by atoms with E-state index in [1.54, 1.807) is 0 Å². The van der Waals surface area contributed by atoms with Gasteiger partial charge in [0, 0.05) is 12.6 Å². The van der Waals surface area contributed by atoms with E-state index in [0.717, 1.165) is 19.6 Å². The summed E-state index contributed by atoms with van der Waals surface area (Å²) < 4.78 is 0. The van der Waals surface area contributed by atoms with Crippen LogP contribution in [0.1, 0.15) is 34.6 Å². The van der Waals surface area contributed by atoms with Crippen LogP contribution in [-0.4, -0.2) is 37.6 Å². The van der Waals surface area contributed by atoms with Crippen molar-refractivity contribution in [1.29, 1.82) is 0 Å². The third-order valence-corrected chi connectivity index (χ3v) is 2.90. The Labute approximate surface area is 83.7 Å². The average molecular weight is 186 g/mol. The van der Waals surface area contributed by atoms with Gasteiger partial charge < -0.3 is 10.2 Å². The molecule has 0 amide bonds. The Morgan fingerprint density at radius 1 is 1.31 bits per heavy atom. The summed E-state index contributed by atoms with van der Waals surface area (Å²) in [6, 6.07) is 0.575. The predicted molar refractivity (Wildman–Crippen MR) is 60.1 cm³/mol. The van der Waals surface area contributed by atoms with E-state index in [9.17, 15) is 0 Å². The van der Waals surface area contributed by atoms with Crippen molar-refractivity contribution in [3.05, 3.63) is 0 Å². The van der Waals surface area contributed by atoms with E-state index in [1.165, 1.54) is 0 Å². The van der Waals surface area contributed by atoms with Gasteiger partial charge in [0.15, 0.2) is 0 Å². The monoisotopic (exact) mass is 186 g/mol. The van der Waals surface area contributed by atoms with Crippen molar-refractivity contribution in [3.8, 4) is 0 Å². The summed E-state index contributed by atoms with van der Waals surface area (Å²) >= 11 is 0. The fraction of sp³-hybridized carbons (Fsp3) is 1.00. The molecule has 13 heavy (non-hydrogen) atoms. The van der Waals surface area contributed by atoms with E-state index < -0.39 is 0 Å². The minimum Gasteiger partial charge on any atom is -0.314 e. The Hall–Kier alpha value is -0.0800. The quantitative estimate of drug-likeness (QED) is 0.682. The maximum atomic E-state index is 3.49. The van der Waals surface area contributed by atoms with Crippen LogP contribution in [0.4, 0.5) is 0 Å². The van der Waals surface area contributed by atoms with Crippen LogP contribution in [-0.2, 0) is 0 Å². The largest absolute Gasteiger partial charge is 0.314 e. The van der Waals surface area contributed by atoms with Gasteiger partial charge in [-0.15, -0.1) is 0 Å². The van der Waals surface area contributed by atoms with Gasteiger partial charge >= 0.3 is 0 Å². The zero-order valence-electron chi connectivity index (χ0n) is 10.1. The van der Waals surface area contributed by atoms with E-state index in [2.05, 4.69) is 51.9 Å². The highest BCUT2D eigenvalue weighted by atomic mass is 15.1. The third kappa shape index (κ3) is 4.63. The lowest BCUT2D eigenvalue weighted by Gasteiger charge is -2.35. The fourth-order valence-electron chi connectivity index (χ4n) is 1.53. The zero-order chi connectivity index (χ0) is 10.5. The Bertz CT molecular complexity index is 132. The summed E-state index contributed by atoms with van der Waals surface area (Å²) in [7, 11) is 2.18. The summed E-state index contributed by atoms with van der Waals surface area (Å²) in [5.74, 6) is 0. The lowest BCUT2D eigenvalue weighted by atomic mass is 9.85. The molecule has 0 bridgehead atoms. The molecule has 1 atom stereocenters. The molecule has 0 spiro atoms. The first kappa shape index (κ1) is 12.9. The molecular formula is C11H26N2. The van der Waals surface area contributed by atoms with Crippen LogP contribution in [0.3, 0.4) is 0 Å². The van der Waals surface area contributed by atoms with Gasteiger partial charge in [0.25, 0.3) is 0 Å². The molecule has 0 aromatic carbocycles. The second kappa shape index (κ2) is 5.61. The third-order valence-electron chi connectivity index (χ3n) is 2.90. The smallest absolute Gasteiger partial charge is 0.0102 e. The molecule has 0 aliphatic carbocycles. The number of nitrogens with one attached hydrogen (secondary N) is 1. The molecule has 0 saturated carbocycles. The fourth-order valence-corrected chi connectivity index (χ4v) is 1.53. The predicted octanol–water partition coefficient (Wildman–Crippen LogP) is 1.96. The Morgan fingerprint density at radius 3 is 2.23 bits per heavy atom. The topological polar surface area (TPSA) is 15.3 Å². The van der Waals surface area contributed by atoms with E-state index in [-0.39, 0.29) is 0 Å². The van der Waals surface area contributed by atoms with Crippen molar-refractivity contribution in [2.24, 2.45) is 5.41 Å². The molecular weight excluding hydrogens is 160 g/mol. The van der Waals surface area contributed by atoms with Crippen LogP contribution in [0.5, 0.6) is 0 Å². The summed E-state index contributed by atoms with van der Waals surface area (Å²) in [5.41, 5.74) is 0.348. The second-order valence-electron chi connectivity index (χ2n) is 4.60. The summed E-state index contributed by atoms with van der Waals surface area (Å²) in [6.45, 7) is 14.6. The van der Waals surface area contributed by atoms with Crippen LogP contribution in [0.2, 0.25) is 0 Å². The molecule has 0 aliphatic rings. The van der Waals surface area contributed by atoms with Gasteiger partial charge in [-0.05, 0) is 32.5 Å². The van der Waals surface area contributed by atoms with Crippen molar-refractivity contribution in [3.63, 3.8) is 0 Å². The lowest BCUT2D eigenvalue weighted by Crippen LogP contribution is -2.45. The molecule has 2 heteroatoms. The van der Waals surface area contributed by atoms with Crippen molar-refractivity contribution in [2.75, 3.05) is 26.7 Å². The van der Waals surface area contributed by atoms with Crippen LogP contribution in [0.15, 0.2) is 0 Å². The van der Waals surface area contributed by atoms with Gasteiger partial charge in [-0.1, -0.05) is 27.7 Å². The van der Waals surface area contributed by atoms with Gasteiger partial charge in [-0.2, -0.15) is 0 Å². The molecule has 0 aromatic heterocycles. The molecule has 1 N–H and O–H groups in total. The molecule has 0 heterocycles. The summed E-state index contributed by atoms with van der Waals surface area (Å²) in [4.78, 5) is 2.37. The Balaban J connectivity index is 4.04. The van der Waals surface area contributed by atoms with Gasteiger partial charge in [0.2, 0.25) is 0 Å². The van der Waals surface area contributed by atoms with Gasteiger partial charge in [-0.3, -0.25) is 0 Å². The standard InChI is InChI=1S/C11H26N2/c1-7-12-10(3)11(4,5)9-13(6)8-2/h10,12H,7-9H2,1-6H3. The molecule has 0 radical (unpaired) electrons. The van der Waals surface area contributed by atoms with Crippen molar-refractivity contribution in [2.45, 2.75) is 40.7 Å². The second-order valence-corrected chi connectivity index (χ2v) is 4.60. The molecule has 0 rings (SSSR count). The molecule has 1 unspecified atom stereocenters. The highest BCUT2D eigenvalue weighted by Crippen LogP contribution is 2.21. The van der Waals surface area contributed by atoms with E-state index in [0.29, 0.717) is 11.5 Å². The van der Waals surface area contributed by atoms with Gasteiger partial charge in [0.1, 0.15) is 0 Å². The van der Waals surface area contributed by atoms with E-state index in [4.69, 9.17) is 0 Å². The Kier molecular flexibility index (Phi) is 5.57. The molecule has 80 valence electrons. The van der Waals surface area contributed by atoms with Crippen LogP contribution in [0, 0.1) is 5.41 Å². The van der Waals surface area contributed by atoms with Crippen molar-refractivity contribution in [1.82, 2.24) is 10.2 Å². The maximum Gasteiger partial charge on any atom is 0.0102 e. The molecule has 0 aliphatic heterocycles. The minimum atomic E-state index is 0.348. The van der Waals surface area contributed by atoms with Crippen LogP contribution >= 0.6 is 0 Å². The summed E-state index contributed by atoms with van der Waals surface area (Å²) in [5, 5.41) is 3.49. The minimum absolute atomic E-state index is 0.348. The SMILES string of the molecule is CCNC(C)C(C)(C)CN(C)CC. The number of rotatable bonds is 6. The van der Waals surface area contributed by atoms with E-state index >= 15 is 0 Å². The Morgan fingerprint density at radius 2 is 1.85 bits per heavy atom. The van der Waals surface area contributed by atoms with Crippen molar-refractivity contribution >= 4 is 0 Å². The molecule has 0 saturated heterocycles. The number of nitrogens with zero attached hydrogens (tertiary/aromatic N) is 1. The maximum absolute atomic E-state index is 3.49. The zero-order valence-corrected chi connectivity index (χ0v) is 10.1. The number of hydrogen-bond acceptors (Lipinski definition) is 2. The van der Waals surface area contributed by atoms with Crippen LogP contribution in [0.25, 0.3) is 0 Å². The molecule has 0 fully saturated rings. The van der Waals surface area contributed by atoms with Crippen LogP contribution < -0.4 is 5.32 Å². The van der Waals surface area contributed by atoms with Crippen molar-refractivity contribution < 1.29 is 0 Å². The highest BCUT2D eigenvalue weighted by Gasteiger charge is 2.25. The molecule has 0 aromatic rings. The van der Waals surface area contributed by atoms with Gasteiger partial charge in [-0.25, -0.2) is 0 Å². The number of hydrogen-bond donors (Lipinski definition) is 1. The first-order valence-corrected chi connectivity index (χ1v) is 5.36. The molecule has 2 nitrogen and oxygen atoms in total. The van der Waals surface area contributed by atoms with Gasteiger partial charge in [0.05, 0.1) is 0 Å². The summed E-state index contributed by atoms with van der Waals surface area (Å²) in [6.07, 6.45) is 0. The highest BCUT2D eigenvalue weighted by molar-refractivity contribution is 4.82. The van der Waals surface area contributed by atoms with E-state index in [1.807, 2.05) is 0 Å². The lowest BCUT2D eigenvalue weighted by molar-refractivity contribution is 0.170. The first-order valence-electron chi connectivity index (χ1n) is 5.36. The normalized spacial score (nSPS) is 15.0. The first-order chi connectivity index (χ1) is 5.94. The average Bonchev–Trinajstić information content (AvgIpc) is 2.04.